The highest BCUT2D eigenvalue weighted by Gasteiger charge is 2.22. The maximum atomic E-state index is 4.68. The molecule has 1 aromatic carbocycles. The van der Waals surface area contributed by atoms with Crippen molar-refractivity contribution in [3.8, 4) is 0 Å². The molecule has 0 radical (unpaired) electrons. The van der Waals surface area contributed by atoms with Crippen molar-refractivity contribution >= 4 is 38.9 Å². The van der Waals surface area contributed by atoms with E-state index in [1.165, 1.54) is 10.1 Å². The number of hydrogen-bond acceptors (Lipinski definition) is 7. The summed E-state index contributed by atoms with van der Waals surface area (Å²) in [4.78, 5) is 4.68. The number of aromatic nitrogens is 5. The van der Waals surface area contributed by atoms with Crippen LogP contribution in [0.4, 0.5) is 11.6 Å². The molecule has 0 saturated carbocycles. The second-order valence-corrected chi connectivity index (χ2v) is 6.99. The van der Waals surface area contributed by atoms with Gasteiger partial charge in [-0.1, -0.05) is 12.1 Å². The van der Waals surface area contributed by atoms with Crippen LogP contribution < -0.4 is 9.80 Å². The molecule has 0 aliphatic carbocycles. The number of nitrogens with zero attached hydrogens (tertiary/aromatic N) is 7. The summed E-state index contributed by atoms with van der Waals surface area (Å²) in [6.07, 6.45) is 0. The molecule has 1 aliphatic rings. The molecule has 0 unspecified atom stereocenters. The third-order valence-electron chi connectivity index (χ3n) is 4.67. The van der Waals surface area contributed by atoms with Gasteiger partial charge in [0, 0.05) is 31.6 Å². The van der Waals surface area contributed by atoms with Gasteiger partial charge in [-0.05, 0) is 42.7 Å². The summed E-state index contributed by atoms with van der Waals surface area (Å²) >= 11 is 1.57. The second-order valence-electron chi connectivity index (χ2n) is 6.19. The number of fused-ring (bicyclic) bond motifs is 2. The maximum Gasteiger partial charge on any atom is 0.178 e. The first-order chi connectivity index (χ1) is 12.3. The maximum absolute atomic E-state index is 4.68. The first kappa shape index (κ1) is 14.6. The van der Waals surface area contributed by atoms with E-state index in [4.69, 9.17) is 0 Å². The number of hydrogen-bond donors (Lipinski definition) is 0. The molecule has 4 aromatic rings. The predicted molar refractivity (Wildman–Crippen MR) is 99.6 cm³/mol. The standard InChI is InChI=1S/C17H17N7S/c1-12-18-19-15-6-7-16(20-24(12)15)22-8-10-23(11-9-22)17-13-4-2-3-5-14(13)25-21-17/h2-7H,8-11H2,1H3. The van der Waals surface area contributed by atoms with Gasteiger partial charge in [-0.3, -0.25) is 0 Å². The summed E-state index contributed by atoms with van der Waals surface area (Å²) in [5, 5.41) is 14.1. The van der Waals surface area contributed by atoms with Gasteiger partial charge in [0.1, 0.15) is 11.6 Å². The third kappa shape index (κ3) is 2.41. The minimum atomic E-state index is 0.786. The lowest BCUT2D eigenvalue weighted by Gasteiger charge is -2.35. The van der Waals surface area contributed by atoms with Crippen LogP contribution >= 0.6 is 11.5 Å². The Balaban J connectivity index is 1.37. The van der Waals surface area contributed by atoms with Crippen molar-refractivity contribution in [3.63, 3.8) is 0 Å². The van der Waals surface area contributed by atoms with Crippen LogP contribution in [0.25, 0.3) is 15.7 Å². The van der Waals surface area contributed by atoms with E-state index in [1.807, 2.05) is 19.1 Å². The highest BCUT2D eigenvalue weighted by Crippen LogP contribution is 2.30. The van der Waals surface area contributed by atoms with E-state index >= 15 is 0 Å². The molecule has 7 nitrogen and oxygen atoms in total. The summed E-state index contributed by atoms with van der Waals surface area (Å²) < 4.78 is 7.72. The Morgan fingerprint density at radius 3 is 2.60 bits per heavy atom. The number of rotatable bonds is 2. The molecule has 0 bridgehead atoms. The van der Waals surface area contributed by atoms with Gasteiger partial charge in [-0.2, -0.15) is 8.89 Å². The van der Waals surface area contributed by atoms with Crippen LogP contribution in [0.2, 0.25) is 0 Å². The van der Waals surface area contributed by atoms with Crippen LogP contribution in [-0.4, -0.2) is 50.4 Å². The Bertz CT molecular complexity index is 1050. The lowest BCUT2D eigenvalue weighted by molar-refractivity contribution is 0.638. The second kappa shape index (κ2) is 5.66. The molecule has 8 heteroatoms. The van der Waals surface area contributed by atoms with Crippen molar-refractivity contribution in [2.24, 2.45) is 0 Å². The Hall–Kier alpha value is -2.74. The van der Waals surface area contributed by atoms with E-state index in [1.54, 1.807) is 16.0 Å². The SMILES string of the molecule is Cc1nnc2ccc(N3CCN(c4nsc5ccccc45)CC3)nn12. The van der Waals surface area contributed by atoms with E-state index in [9.17, 15) is 0 Å². The van der Waals surface area contributed by atoms with Crippen molar-refractivity contribution in [2.45, 2.75) is 6.92 Å². The topological polar surface area (TPSA) is 62.5 Å². The average molecular weight is 351 g/mol. The number of anilines is 2. The summed E-state index contributed by atoms with van der Waals surface area (Å²) in [5.74, 6) is 2.89. The van der Waals surface area contributed by atoms with Crippen molar-refractivity contribution in [1.82, 2.24) is 24.2 Å². The van der Waals surface area contributed by atoms with Gasteiger partial charge in [0.05, 0.1) is 4.70 Å². The summed E-state index contributed by atoms with van der Waals surface area (Å²) in [6, 6.07) is 12.4. The molecule has 1 saturated heterocycles. The molecule has 1 aliphatic heterocycles. The molecule has 4 heterocycles. The van der Waals surface area contributed by atoms with Crippen LogP contribution in [0.1, 0.15) is 5.82 Å². The van der Waals surface area contributed by atoms with E-state index in [2.05, 4.69) is 53.7 Å². The van der Waals surface area contributed by atoms with Gasteiger partial charge >= 0.3 is 0 Å². The molecule has 1 fully saturated rings. The zero-order valence-electron chi connectivity index (χ0n) is 13.8. The normalized spacial score (nSPS) is 15.4. The largest absolute Gasteiger partial charge is 0.352 e. The molecule has 0 spiro atoms. The van der Waals surface area contributed by atoms with Gasteiger partial charge < -0.3 is 9.80 Å². The zero-order chi connectivity index (χ0) is 16.8. The molecular formula is C17H17N7S. The quantitative estimate of drug-likeness (QED) is 0.552. The molecule has 3 aromatic heterocycles. The summed E-state index contributed by atoms with van der Waals surface area (Å²) in [5.41, 5.74) is 0.786. The number of aryl methyl sites for hydroxylation is 1. The first-order valence-electron chi connectivity index (χ1n) is 8.33. The molecule has 0 amide bonds. The zero-order valence-corrected chi connectivity index (χ0v) is 14.6. The van der Waals surface area contributed by atoms with Crippen molar-refractivity contribution in [3.05, 3.63) is 42.2 Å². The van der Waals surface area contributed by atoms with E-state index in [-0.39, 0.29) is 0 Å². The Morgan fingerprint density at radius 2 is 1.72 bits per heavy atom. The summed E-state index contributed by atoms with van der Waals surface area (Å²) in [6.45, 7) is 5.64. The van der Waals surface area contributed by atoms with Crippen LogP contribution in [0.15, 0.2) is 36.4 Å². The third-order valence-corrected chi connectivity index (χ3v) is 5.48. The van der Waals surface area contributed by atoms with Gasteiger partial charge in [-0.25, -0.2) is 0 Å². The van der Waals surface area contributed by atoms with Crippen LogP contribution in [0.5, 0.6) is 0 Å². The lowest BCUT2D eigenvalue weighted by atomic mass is 10.2. The molecule has 0 atom stereocenters. The van der Waals surface area contributed by atoms with E-state index in [0.717, 1.165) is 49.3 Å². The Labute approximate surface area is 148 Å². The Kier molecular flexibility index (Phi) is 3.30. The van der Waals surface area contributed by atoms with Crippen LogP contribution in [-0.2, 0) is 0 Å². The monoisotopic (exact) mass is 351 g/mol. The van der Waals surface area contributed by atoms with Gasteiger partial charge in [0.25, 0.3) is 0 Å². The van der Waals surface area contributed by atoms with Gasteiger partial charge in [0.2, 0.25) is 0 Å². The predicted octanol–water partition coefficient (Wildman–Crippen LogP) is 2.37. The lowest BCUT2D eigenvalue weighted by Crippen LogP contribution is -2.47. The molecule has 25 heavy (non-hydrogen) atoms. The van der Waals surface area contributed by atoms with Crippen molar-refractivity contribution < 1.29 is 0 Å². The van der Waals surface area contributed by atoms with Crippen LogP contribution in [0, 0.1) is 6.92 Å². The fourth-order valence-electron chi connectivity index (χ4n) is 3.30. The fourth-order valence-corrected chi connectivity index (χ4v) is 4.10. The van der Waals surface area contributed by atoms with Gasteiger partial charge in [0.15, 0.2) is 11.5 Å². The number of piperazine rings is 1. The average Bonchev–Trinajstić information content (AvgIpc) is 3.26. The van der Waals surface area contributed by atoms with Crippen LogP contribution in [0.3, 0.4) is 0 Å². The molecule has 0 N–H and O–H groups in total. The van der Waals surface area contributed by atoms with Crippen molar-refractivity contribution in [2.75, 3.05) is 36.0 Å². The highest BCUT2D eigenvalue weighted by molar-refractivity contribution is 7.13. The van der Waals surface area contributed by atoms with Crippen molar-refractivity contribution in [1.29, 1.82) is 0 Å². The minimum Gasteiger partial charge on any atom is -0.352 e. The van der Waals surface area contributed by atoms with Gasteiger partial charge in [-0.15, -0.1) is 15.3 Å². The molecular weight excluding hydrogens is 334 g/mol. The Morgan fingerprint density at radius 1 is 0.920 bits per heavy atom. The summed E-state index contributed by atoms with van der Waals surface area (Å²) in [7, 11) is 0. The number of benzene rings is 1. The van der Waals surface area contributed by atoms with E-state index < -0.39 is 0 Å². The fraction of sp³-hybridized carbons (Fsp3) is 0.294. The highest BCUT2D eigenvalue weighted by atomic mass is 32.1. The van der Waals surface area contributed by atoms with E-state index in [0.29, 0.717) is 0 Å². The smallest absolute Gasteiger partial charge is 0.178 e. The molecule has 126 valence electrons. The first-order valence-corrected chi connectivity index (χ1v) is 9.10. The minimum absolute atomic E-state index is 0.786. The molecule has 5 rings (SSSR count).